The maximum atomic E-state index is 13.7. The van der Waals surface area contributed by atoms with Crippen molar-refractivity contribution in [3.8, 4) is 50.5 Å². The molecule has 0 saturated carbocycles. The summed E-state index contributed by atoms with van der Waals surface area (Å²) in [5, 5.41) is 12.4. The summed E-state index contributed by atoms with van der Waals surface area (Å²) >= 11 is 13.3. The topological polar surface area (TPSA) is 186 Å². The minimum absolute atomic E-state index is 0.0135. The third-order valence-electron chi connectivity index (χ3n) is 9.49. The van der Waals surface area contributed by atoms with Crippen LogP contribution in [0, 0.1) is 4.91 Å². The predicted molar refractivity (Wildman–Crippen MR) is 218 cm³/mol. The normalized spacial score (nSPS) is 11.8. The quantitative estimate of drug-likeness (QED) is 0.0759. The van der Waals surface area contributed by atoms with E-state index < -0.39 is 47.7 Å². The zero-order valence-electron chi connectivity index (χ0n) is 29.5. The van der Waals surface area contributed by atoms with Crippen LogP contribution in [0.4, 0.5) is 0 Å². The highest BCUT2D eigenvalue weighted by Gasteiger charge is 2.40. The van der Waals surface area contributed by atoms with E-state index in [2.05, 4.69) is 15.1 Å². The van der Waals surface area contributed by atoms with Crippen LogP contribution in [0.5, 0.6) is 5.75 Å². The van der Waals surface area contributed by atoms with Crippen LogP contribution in [0.1, 0.15) is 21.5 Å². The van der Waals surface area contributed by atoms with Crippen molar-refractivity contribution in [2.75, 3.05) is 0 Å². The van der Waals surface area contributed by atoms with E-state index in [0.29, 0.717) is 27.8 Å². The number of nitrogens with zero attached hydrogens (tertiary/aromatic N) is 3. The number of benzene rings is 5. The number of pyridine rings is 2. The first-order chi connectivity index (χ1) is 27.9. The second-order valence-corrected chi connectivity index (χ2v) is 15.1. The summed E-state index contributed by atoms with van der Waals surface area (Å²) < 4.78 is 50.4. The average Bonchev–Trinajstić information content (AvgIpc) is 3.23. The van der Waals surface area contributed by atoms with Gasteiger partial charge < -0.3 is 14.3 Å². The number of aromatic nitrogens is 2. The molecule has 2 aromatic heterocycles. The molecule has 0 fully saturated rings. The summed E-state index contributed by atoms with van der Waals surface area (Å²) in [5.41, 5.74) is -1.32. The van der Waals surface area contributed by atoms with Crippen LogP contribution < -0.4 is 10.2 Å². The Hall–Kier alpha value is -6.77. The van der Waals surface area contributed by atoms with E-state index in [0.717, 1.165) is 6.07 Å². The molecule has 1 aliphatic heterocycles. The summed E-state index contributed by atoms with van der Waals surface area (Å²) in [6.07, 6.45) is 6.07. The van der Waals surface area contributed by atoms with Gasteiger partial charge in [0.05, 0.1) is 15.6 Å². The third-order valence-corrected chi connectivity index (χ3v) is 11.2. The van der Waals surface area contributed by atoms with Gasteiger partial charge in [-0.15, -0.1) is 4.91 Å². The van der Waals surface area contributed by atoms with E-state index in [1.165, 1.54) is 36.8 Å². The number of ether oxygens (including phenoxy) is 1. The first-order valence-corrected chi connectivity index (χ1v) is 19.4. The number of halogens is 2. The van der Waals surface area contributed by atoms with E-state index in [1.54, 1.807) is 97.2 Å². The Balaban J connectivity index is 1.55. The van der Waals surface area contributed by atoms with Gasteiger partial charge >= 0.3 is 5.97 Å². The fraction of sp³-hybridized carbons (Fsp3) is 0.0233. The highest BCUT2D eigenvalue weighted by Crippen LogP contribution is 2.51. The van der Waals surface area contributed by atoms with Gasteiger partial charge in [0.15, 0.2) is 5.43 Å². The molecule has 1 aliphatic carbocycles. The van der Waals surface area contributed by atoms with Crippen LogP contribution in [-0.2, 0) is 15.8 Å². The number of carboxylic acids is 1. The number of nitroso groups, excluding NO2 is 1. The van der Waals surface area contributed by atoms with E-state index in [-0.39, 0.29) is 44.7 Å². The van der Waals surface area contributed by atoms with Gasteiger partial charge in [-0.05, 0) is 35.5 Å². The van der Waals surface area contributed by atoms with Crippen LogP contribution in [0.3, 0.4) is 0 Å². The van der Waals surface area contributed by atoms with Crippen molar-refractivity contribution in [3.05, 3.63) is 182 Å². The van der Waals surface area contributed by atoms with Gasteiger partial charge in [0.2, 0.25) is 0 Å². The number of hydrogen-bond donors (Lipinski definition) is 2. The molecule has 0 atom stereocenters. The molecule has 0 bridgehead atoms. The largest absolute Gasteiger partial charge is 0.478 e. The lowest BCUT2D eigenvalue weighted by Crippen LogP contribution is -2.32. The molecule has 15 heteroatoms. The van der Waals surface area contributed by atoms with Crippen LogP contribution in [-0.4, -0.2) is 34.0 Å². The summed E-state index contributed by atoms with van der Waals surface area (Å²) in [4.78, 5) is 46.6. The monoisotopic (exact) mass is 829 g/mol. The predicted octanol–water partition coefficient (Wildman–Crippen LogP) is 9.99. The summed E-state index contributed by atoms with van der Waals surface area (Å²) in [7, 11) is -5.32. The molecule has 2 aliphatic rings. The maximum absolute atomic E-state index is 13.7. The molecule has 6 aromatic rings. The molecule has 2 N–H and O–H groups in total. The van der Waals surface area contributed by atoms with Gasteiger partial charge in [0, 0.05) is 92.4 Å². The molecule has 4 aromatic carbocycles. The molecule has 8 rings (SSSR count). The van der Waals surface area contributed by atoms with Crippen molar-refractivity contribution in [1.29, 1.82) is 0 Å². The Kier molecular flexibility index (Phi) is 9.83. The number of aromatic carboxylic acids is 1. The Morgan fingerprint density at radius 1 is 0.759 bits per heavy atom. The van der Waals surface area contributed by atoms with Gasteiger partial charge in [-0.3, -0.25) is 19.3 Å². The fourth-order valence-corrected chi connectivity index (χ4v) is 8.61. The van der Waals surface area contributed by atoms with Crippen molar-refractivity contribution in [2.45, 2.75) is 10.6 Å². The smallest absolute Gasteiger partial charge is 0.337 e. The molecular formula is C43H25Cl2N3O9S. The Morgan fingerprint density at radius 2 is 1.36 bits per heavy atom. The standard InChI is InChI=1S/C43H25Cl2N3O9S/c44-33-19-32(42(50)51)40(45)41(58(53,54)55)39(33)38-30-17-28(24-9-7-15-46-22-24)34(49)20-35(30)56-36-21-37(29(18-31(36)38)25-10-8-16-47-23-25)57-43(48-52,26-11-3-1-4-12-26)27-13-5-2-6-14-27/h1-23H,(H,50,51)(H,53,54,55). The highest BCUT2D eigenvalue weighted by molar-refractivity contribution is 7.86. The van der Waals surface area contributed by atoms with Gasteiger partial charge in [0.25, 0.3) is 15.8 Å². The Labute approximate surface area is 339 Å². The highest BCUT2D eigenvalue weighted by atomic mass is 35.5. The van der Waals surface area contributed by atoms with Crippen molar-refractivity contribution in [2.24, 2.45) is 5.18 Å². The van der Waals surface area contributed by atoms with E-state index in [1.807, 2.05) is 0 Å². The molecule has 0 radical (unpaired) electrons. The third kappa shape index (κ3) is 6.65. The molecular weight excluding hydrogens is 805 g/mol. The zero-order chi connectivity index (χ0) is 40.8. The Bertz CT molecular complexity index is 3000. The van der Waals surface area contributed by atoms with Crippen LogP contribution in [0.15, 0.2) is 159 Å². The molecule has 0 unspecified atom stereocenters. The average molecular weight is 831 g/mol. The fourth-order valence-electron chi connectivity index (χ4n) is 6.92. The number of hydrogen-bond acceptors (Lipinski definition) is 10. The van der Waals surface area contributed by atoms with Gasteiger partial charge in [0.1, 0.15) is 22.0 Å². The number of fused-ring (bicyclic) bond motifs is 2. The second kappa shape index (κ2) is 15.0. The van der Waals surface area contributed by atoms with Gasteiger partial charge in [-0.2, -0.15) is 8.42 Å². The molecule has 286 valence electrons. The van der Waals surface area contributed by atoms with E-state index in [4.69, 9.17) is 32.4 Å². The second-order valence-electron chi connectivity index (χ2n) is 12.9. The van der Waals surface area contributed by atoms with E-state index >= 15 is 0 Å². The van der Waals surface area contributed by atoms with Crippen molar-refractivity contribution >= 4 is 50.3 Å². The minimum atomic E-state index is -5.32. The first kappa shape index (κ1) is 38.1. The lowest BCUT2D eigenvalue weighted by molar-refractivity contribution is 0.0696. The zero-order valence-corrected chi connectivity index (χ0v) is 31.9. The molecule has 0 amide bonds. The maximum Gasteiger partial charge on any atom is 0.337 e. The molecule has 0 saturated heterocycles. The molecule has 12 nitrogen and oxygen atoms in total. The van der Waals surface area contributed by atoms with E-state index in [9.17, 15) is 32.6 Å². The summed E-state index contributed by atoms with van der Waals surface area (Å²) in [6, 6.07) is 30.5. The van der Waals surface area contributed by atoms with Crippen molar-refractivity contribution in [3.63, 3.8) is 0 Å². The van der Waals surface area contributed by atoms with Gasteiger partial charge in [-0.25, -0.2) is 4.79 Å². The summed E-state index contributed by atoms with van der Waals surface area (Å²) in [6.45, 7) is 0. The first-order valence-electron chi connectivity index (χ1n) is 17.2. The number of carboxylic acid groups (broad SMARTS) is 1. The lowest BCUT2D eigenvalue weighted by Gasteiger charge is -2.30. The lowest BCUT2D eigenvalue weighted by atomic mass is 9.89. The van der Waals surface area contributed by atoms with Crippen LogP contribution in [0.25, 0.3) is 55.7 Å². The van der Waals surface area contributed by atoms with Crippen LogP contribution >= 0.6 is 23.2 Å². The SMILES string of the molecule is O=NC(Oc1cc2oc3cc(=O)c(-c4cccnc4)cc-3c(-c3c(Cl)cc(C(=O)O)c(Cl)c3S(=O)(=O)O)c2cc1-c1cccnc1)(c1ccccc1)c1ccccc1. The minimum Gasteiger partial charge on any atom is -0.478 e. The van der Waals surface area contributed by atoms with Crippen molar-refractivity contribution < 1.29 is 32.0 Å². The molecule has 0 spiro atoms. The molecule has 58 heavy (non-hydrogen) atoms. The molecule has 3 heterocycles. The van der Waals surface area contributed by atoms with Gasteiger partial charge in [-0.1, -0.05) is 96.0 Å². The van der Waals surface area contributed by atoms with Crippen LogP contribution in [0.2, 0.25) is 10.0 Å². The Morgan fingerprint density at radius 3 is 1.90 bits per heavy atom. The van der Waals surface area contributed by atoms with Crippen molar-refractivity contribution in [1.82, 2.24) is 9.97 Å². The number of rotatable bonds is 10. The summed E-state index contributed by atoms with van der Waals surface area (Å²) in [5.74, 6) is -1.63. The number of carbonyl (C=O) groups is 1.